The molecule has 4 N–H and O–H groups in total. The molecule has 0 aromatic heterocycles. The number of nitrogens with one attached hydrogen (secondary N) is 2. The number of carbonyl (C=O) groups is 1. The van der Waals surface area contributed by atoms with E-state index in [-0.39, 0.29) is 12.5 Å². The quantitative estimate of drug-likeness (QED) is 0.631. The second-order valence-corrected chi connectivity index (χ2v) is 8.19. The summed E-state index contributed by atoms with van der Waals surface area (Å²) in [6.45, 7) is 6.13. The van der Waals surface area contributed by atoms with E-state index in [1.54, 1.807) is 13.8 Å². The molecule has 0 atom stereocenters. The van der Waals surface area contributed by atoms with Crippen LogP contribution in [0.25, 0.3) is 0 Å². The Labute approximate surface area is 115 Å². The zero-order chi connectivity index (χ0) is 14.9. The predicted octanol–water partition coefficient (Wildman–Crippen LogP) is -0.195. The third kappa shape index (κ3) is 4.43. The van der Waals surface area contributed by atoms with Crippen molar-refractivity contribution in [3.8, 4) is 0 Å². The lowest BCUT2D eigenvalue weighted by atomic mass is 9.62. The van der Waals surface area contributed by atoms with Crippen molar-refractivity contribution in [1.82, 2.24) is 10.0 Å². The van der Waals surface area contributed by atoms with Crippen LogP contribution in [-0.4, -0.2) is 39.2 Å². The molecule has 0 aliphatic heterocycles. The summed E-state index contributed by atoms with van der Waals surface area (Å²) in [5.74, 6) is 0.452. The summed E-state index contributed by atoms with van der Waals surface area (Å²) in [5, 5.41) is 2.81. The molecule has 112 valence electrons. The van der Waals surface area contributed by atoms with E-state index in [4.69, 9.17) is 5.73 Å². The van der Waals surface area contributed by atoms with Crippen LogP contribution in [0.1, 0.15) is 33.6 Å². The lowest BCUT2D eigenvalue weighted by Gasteiger charge is -2.44. The zero-order valence-corrected chi connectivity index (χ0v) is 12.9. The number of hydrogen-bond donors (Lipinski definition) is 3. The Balaban J connectivity index is 2.54. The molecule has 1 amide bonds. The van der Waals surface area contributed by atoms with Gasteiger partial charge >= 0.3 is 0 Å². The Bertz CT molecular complexity index is 439. The van der Waals surface area contributed by atoms with Crippen molar-refractivity contribution in [2.45, 2.75) is 39.2 Å². The van der Waals surface area contributed by atoms with Crippen LogP contribution in [0, 0.1) is 11.3 Å². The molecule has 0 spiro atoms. The topological polar surface area (TPSA) is 101 Å². The van der Waals surface area contributed by atoms with E-state index in [9.17, 15) is 13.2 Å². The van der Waals surface area contributed by atoms with Gasteiger partial charge in [0.25, 0.3) is 0 Å². The number of amides is 1. The first-order valence-electron chi connectivity index (χ1n) is 6.47. The minimum Gasteiger partial charge on any atom is -0.354 e. The van der Waals surface area contributed by atoms with Gasteiger partial charge in [-0.05, 0) is 32.6 Å². The van der Waals surface area contributed by atoms with Gasteiger partial charge in [-0.2, -0.15) is 0 Å². The van der Waals surface area contributed by atoms with Crippen molar-refractivity contribution < 1.29 is 13.2 Å². The van der Waals surface area contributed by atoms with E-state index in [2.05, 4.69) is 17.0 Å². The molecule has 0 aromatic rings. The average molecular weight is 291 g/mol. The zero-order valence-electron chi connectivity index (χ0n) is 12.1. The van der Waals surface area contributed by atoms with Gasteiger partial charge in [0.05, 0.1) is 11.7 Å². The van der Waals surface area contributed by atoms with E-state index in [0.717, 1.165) is 19.1 Å². The van der Waals surface area contributed by atoms with Gasteiger partial charge in [-0.1, -0.05) is 6.92 Å². The van der Waals surface area contributed by atoms with Gasteiger partial charge in [0.2, 0.25) is 15.9 Å². The normalized spacial score (nSPS) is 27.7. The number of rotatable bonds is 6. The molecule has 6 nitrogen and oxygen atoms in total. The van der Waals surface area contributed by atoms with Crippen molar-refractivity contribution in [2.24, 2.45) is 17.1 Å². The lowest BCUT2D eigenvalue weighted by Crippen LogP contribution is -2.57. The fourth-order valence-electron chi connectivity index (χ4n) is 2.75. The fourth-order valence-corrected chi connectivity index (χ4v) is 3.82. The molecule has 1 saturated carbocycles. The maximum atomic E-state index is 12.2. The largest absolute Gasteiger partial charge is 0.354 e. The van der Waals surface area contributed by atoms with Gasteiger partial charge in [-0.25, -0.2) is 13.1 Å². The summed E-state index contributed by atoms with van der Waals surface area (Å²) in [6, 6.07) is 0. The Morgan fingerprint density at radius 2 is 1.95 bits per heavy atom. The highest BCUT2D eigenvalue weighted by Gasteiger charge is 2.47. The van der Waals surface area contributed by atoms with Crippen molar-refractivity contribution in [1.29, 1.82) is 0 Å². The molecule has 0 aromatic carbocycles. The van der Waals surface area contributed by atoms with Crippen molar-refractivity contribution in [2.75, 3.05) is 19.3 Å². The molecule has 1 aliphatic carbocycles. The number of sulfonamides is 1. The van der Waals surface area contributed by atoms with Gasteiger partial charge < -0.3 is 11.1 Å². The van der Waals surface area contributed by atoms with Gasteiger partial charge in [-0.3, -0.25) is 4.79 Å². The Morgan fingerprint density at radius 1 is 1.42 bits per heavy atom. The molecule has 0 unspecified atom stereocenters. The molecule has 1 aliphatic rings. The Morgan fingerprint density at radius 3 is 2.32 bits per heavy atom. The molecule has 7 heteroatoms. The maximum Gasteiger partial charge on any atom is 0.227 e. The van der Waals surface area contributed by atoms with Crippen LogP contribution in [0.2, 0.25) is 0 Å². The lowest BCUT2D eigenvalue weighted by molar-refractivity contribution is -0.138. The summed E-state index contributed by atoms with van der Waals surface area (Å²) >= 11 is 0. The highest BCUT2D eigenvalue weighted by molar-refractivity contribution is 7.88. The summed E-state index contributed by atoms with van der Waals surface area (Å²) in [7, 11) is -3.30. The predicted molar refractivity (Wildman–Crippen MR) is 75.0 cm³/mol. The maximum absolute atomic E-state index is 12.2. The van der Waals surface area contributed by atoms with Crippen LogP contribution in [0.15, 0.2) is 0 Å². The first-order chi connectivity index (χ1) is 8.50. The van der Waals surface area contributed by atoms with Crippen LogP contribution in [-0.2, 0) is 14.8 Å². The van der Waals surface area contributed by atoms with Gasteiger partial charge in [0.15, 0.2) is 0 Å². The fraction of sp³-hybridized carbons (Fsp3) is 0.917. The minimum atomic E-state index is -3.30. The molecule has 19 heavy (non-hydrogen) atoms. The molecule has 0 bridgehead atoms. The second-order valence-electron chi connectivity index (χ2n) is 6.44. The highest BCUT2D eigenvalue weighted by atomic mass is 32.2. The van der Waals surface area contributed by atoms with E-state index >= 15 is 0 Å². The number of hydrogen-bond acceptors (Lipinski definition) is 4. The van der Waals surface area contributed by atoms with Crippen LogP contribution in [0.5, 0.6) is 0 Å². The molecule has 1 rings (SSSR count). The van der Waals surface area contributed by atoms with Crippen LogP contribution >= 0.6 is 0 Å². The summed E-state index contributed by atoms with van der Waals surface area (Å²) < 4.78 is 24.9. The van der Waals surface area contributed by atoms with Crippen molar-refractivity contribution in [3.63, 3.8) is 0 Å². The standard InChI is InChI=1S/C12H25N3O3S/c1-9-5-12(6-9,7-13)10(16)14-8-11(2,3)15-19(4,17)18/h9,15H,5-8,13H2,1-4H3,(H,14,16). The van der Waals surface area contributed by atoms with Crippen LogP contribution in [0.4, 0.5) is 0 Å². The van der Waals surface area contributed by atoms with Crippen molar-refractivity contribution in [3.05, 3.63) is 0 Å². The third-order valence-electron chi connectivity index (χ3n) is 3.50. The molecule has 1 fully saturated rings. The molecule has 0 radical (unpaired) electrons. The smallest absolute Gasteiger partial charge is 0.227 e. The Kier molecular flexibility index (Phi) is 4.64. The SMILES string of the molecule is CC1CC(CN)(C(=O)NCC(C)(C)NS(C)(=O)=O)C1. The van der Waals surface area contributed by atoms with Gasteiger partial charge in [0.1, 0.15) is 0 Å². The van der Waals surface area contributed by atoms with E-state index in [1.807, 2.05) is 0 Å². The van der Waals surface area contributed by atoms with Gasteiger partial charge in [0, 0.05) is 18.6 Å². The summed E-state index contributed by atoms with van der Waals surface area (Å²) in [6.07, 6.45) is 2.70. The Hall–Kier alpha value is -0.660. The summed E-state index contributed by atoms with van der Waals surface area (Å²) in [5.41, 5.74) is 4.53. The van der Waals surface area contributed by atoms with E-state index in [1.165, 1.54) is 0 Å². The first kappa shape index (κ1) is 16.4. The number of nitrogens with two attached hydrogens (primary N) is 1. The van der Waals surface area contributed by atoms with E-state index in [0.29, 0.717) is 12.5 Å². The molecule has 0 saturated heterocycles. The second kappa shape index (κ2) is 5.38. The van der Waals surface area contributed by atoms with Crippen LogP contribution < -0.4 is 15.8 Å². The molecule has 0 heterocycles. The monoisotopic (exact) mass is 291 g/mol. The van der Waals surface area contributed by atoms with Crippen LogP contribution in [0.3, 0.4) is 0 Å². The van der Waals surface area contributed by atoms with E-state index < -0.39 is 21.0 Å². The average Bonchev–Trinajstić information content (AvgIpc) is 2.17. The highest BCUT2D eigenvalue weighted by Crippen LogP contribution is 2.44. The van der Waals surface area contributed by atoms with Crippen molar-refractivity contribution >= 4 is 15.9 Å². The van der Waals surface area contributed by atoms with Gasteiger partial charge in [-0.15, -0.1) is 0 Å². The molecular formula is C12H25N3O3S. The number of carbonyl (C=O) groups excluding carboxylic acids is 1. The summed E-state index contributed by atoms with van der Waals surface area (Å²) in [4.78, 5) is 12.2. The molecular weight excluding hydrogens is 266 g/mol. The minimum absolute atomic E-state index is 0.0727. The third-order valence-corrected chi connectivity index (χ3v) is 4.43. The first-order valence-corrected chi connectivity index (χ1v) is 8.36.